The van der Waals surface area contributed by atoms with Crippen LogP contribution in [-0.2, 0) is 16.1 Å². The zero-order valence-electron chi connectivity index (χ0n) is 12.6. The number of rotatable bonds is 6. The van der Waals surface area contributed by atoms with E-state index in [9.17, 15) is 4.79 Å². The molecule has 7 heteroatoms. The number of amides is 1. The van der Waals surface area contributed by atoms with E-state index in [1.54, 1.807) is 23.1 Å². The second-order valence-electron chi connectivity index (χ2n) is 5.38. The van der Waals surface area contributed by atoms with Gasteiger partial charge >= 0.3 is 0 Å². The predicted molar refractivity (Wildman–Crippen MR) is 89.5 cm³/mol. The topological polar surface area (TPSA) is 65.4 Å². The van der Waals surface area contributed by atoms with E-state index in [4.69, 9.17) is 9.47 Å². The predicted octanol–water partition coefficient (Wildman–Crippen LogP) is 2.84. The van der Waals surface area contributed by atoms with E-state index in [1.165, 1.54) is 0 Å². The van der Waals surface area contributed by atoms with Gasteiger partial charge in [-0.1, -0.05) is 22.0 Å². The normalized spacial score (nSPS) is 17.2. The van der Waals surface area contributed by atoms with Crippen LogP contribution in [0.5, 0.6) is 5.75 Å². The summed E-state index contributed by atoms with van der Waals surface area (Å²) in [5.41, 5.74) is 0.658. The fourth-order valence-corrected chi connectivity index (χ4v) is 2.81. The first kappa shape index (κ1) is 16.0. The van der Waals surface area contributed by atoms with E-state index in [1.807, 2.05) is 18.2 Å². The summed E-state index contributed by atoms with van der Waals surface area (Å²) in [6.07, 6.45) is 5.81. The molecule has 23 heavy (non-hydrogen) atoms. The van der Waals surface area contributed by atoms with Crippen molar-refractivity contribution < 1.29 is 14.3 Å². The van der Waals surface area contributed by atoms with E-state index < -0.39 is 0 Å². The Labute approximate surface area is 142 Å². The highest BCUT2D eigenvalue weighted by atomic mass is 79.9. The van der Waals surface area contributed by atoms with Crippen molar-refractivity contribution in [1.29, 1.82) is 0 Å². The zero-order valence-corrected chi connectivity index (χ0v) is 14.2. The lowest BCUT2D eigenvalue weighted by Gasteiger charge is -2.08. The summed E-state index contributed by atoms with van der Waals surface area (Å²) in [4.78, 5) is 11.9. The van der Waals surface area contributed by atoms with Gasteiger partial charge in [0.15, 0.2) is 6.61 Å². The molecule has 0 bridgehead atoms. The summed E-state index contributed by atoms with van der Waals surface area (Å²) < 4.78 is 13.7. The molecular weight excluding hydrogens is 362 g/mol. The maximum absolute atomic E-state index is 11.9. The Hall–Kier alpha value is -1.86. The maximum Gasteiger partial charge on any atom is 0.262 e. The number of halogens is 1. The molecule has 1 unspecified atom stereocenters. The number of hydrogen-bond donors (Lipinski definition) is 1. The Morgan fingerprint density at radius 2 is 2.43 bits per heavy atom. The molecule has 3 rings (SSSR count). The van der Waals surface area contributed by atoms with Gasteiger partial charge < -0.3 is 14.8 Å². The summed E-state index contributed by atoms with van der Waals surface area (Å²) in [7, 11) is 0. The highest BCUT2D eigenvalue weighted by Gasteiger charge is 2.16. The summed E-state index contributed by atoms with van der Waals surface area (Å²) in [5, 5.41) is 7.01. The van der Waals surface area contributed by atoms with Gasteiger partial charge in [-0.3, -0.25) is 9.48 Å². The van der Waals surface area contributed by atoms with Gasteiger partial charge in [-0.05, 0) is 31.0 Å². The second kappa shape index (κ2) is 7.61. The maximum atomic E-state index is 11.9. The SMILES string of the molecule is O=C(COc1cccc(Br)c1)Nc1cnn(CC2CCCO2)c1. The van der Waals surface area contributed by atoms with Crippen molar-refractivity contribution in [1.82, 2.24) is 9.78 Å². The molecule has 1 aromatic carbocycles. The average molecular weight is 380 g/mol. The number of aromatic nitrogens is 2. The zero-order chi connectivity index (χ0) is 16.1. The van der Waals surface area contributed by atoms with Crippen molar-refractivity contribution in [2.75, 3.05) is 18.5 Å². The Kier molecular flexibility index (Phi) is 5.30. The first-order valence-electron chi connectivity index (χ1n) is 7.51. The van der Waals surface area contributed by atoms with Crippen molar-refractivity contribution in [2.45, 2.75) is 25.5 Å². The molecule has 6 nitrogen and oxygen atoms in total. The molecule has 0 spiro atoms. The Morgan fingerprint density at radius 3 is 3.22 bits per heavy atom. The number of anilines is 1. The molecule has 2 aromatic rings. The van der Waals surface area contributed by atoms with E-state index in [2.05, 4.69) is 26.3 Å². The first-order chi connectivity index (χ1) is 11.2. The molecular formula is C16H18BrN3O3. The van der Waals surface area contributed by atoms with Crippen LogP contribution in [0.4, 0.5) is 5.69 Å². The fourth-order valence-electron chi connectivity index (χ4n) is 2.43. The lowest BCUT2D eigenvalue weighted by atomic mass is 10.2. The number of carbonyl (C=O) groups excluding carboxylic acids is 1. The largest absolute Gasteiger partial charge is 0.484 e. The molecule has 122 valence electrons. The van der Waals surface area contributed by atoms with Gasteiger partial charge in [0.05, 0.1) is 24.5 Å². The third-order valence-electron chi connectivity index (χ3n) is 3.50. The minimum Gasteiger partial charge on any atom is -0.484 e. The van der Waals surface area contributed by atoms with Gasteiger partial charge in [0.1, 0.15) is 5.75 Å². The number of nitrogens with zero attached hydrogens (tertiary/aromatic N) is 2. The lowest BCUT2D eigenvalue weighted by molar-refractivity contribution is -0.118. The van der Waals surface area contributed by atoms with Crippen LogP contribution < -0.4 is 10.1 Å². The minimum atomic E-state index is -0.221. The molecule has 0 aliphatic carbocycles. The number of nitrogens with one attached hydrogen (secondary N) is 1. The second-order valence-corrected chi connectivity index (χ2v) is 6.30. The van der Waals surface area contributed by atoms with Crippen molar-refractivity contribution in [3.63, 3.8) is 0 Å². The molecule has 1 fully saturated rings. The van der Waals surface area contributed by atoms with Crippen LogP contribution in [0, 0.1) is 0 Å². The number of benzene rings is 1. The van der Waals surface area contributed by atoms with E-state index in [0.717, 1.165) is 23.9 Å². The number of carbonyl (C=O) groups is 1. The van der Waals surface area contributed by atoms with Gasteiger partial charge in [0.25, 0.3) is 5.91 Å². The molecule has 1 aromatic heterocycles. The minimum absolute atomic E-state index is 0.0482. The summed E-state index contributed by atoms with van der Waals surface area (Å²) in [6, 6.07) is 7.37. The number of ether oxygens (including phenoxy) is 2. The van der Waals surface area contributed by atoms with E-state index >= 15 is 0 Å². The number of hydrogen-bond acceptors (Lipinski definition) is 4. The van der Waals surface area contributed by atoms with E-state index in [-0.39, 0.29) is 18.6 Å². The van der Waals surface area contributed by atoms with E-state index in [0.29, 0.717) is 18.0 Å². The molecule has 1 saturated heterocycles. The lowest BCUT2D eigenvalue weighted by Crippen LogP contribution is -2.20. The molecule has 1 N–H and O–H groups in total. The van der Waals surface area contributed by atoms with Gasteiger partial charge in [0.2, 0.25) is 0 Å². The van der Waals surface area contributed by atoms with Crippen molar-refractivity contribution in [3.05, 3.63) is 41.1 Å². The van der Waals surface area contributed by atoms with Gasteiger partial charge in [-0.25, -0.2) is 0 Å². The monoisotopic (exact) mass is 379 g/mol. The molecule has 2 heterocycles. The quantitative estimate of drug-likeness (QED) is 0.837. The van der Waals surface area contributed by atoms with Crippen LogP contribution in [-0.4, -0.2) is 35.0 Å². The third-order valence-corrected chi connectivity index (χ3v) is 3.99. The van der Waals surface area contributed by atoms with Crippen LogP contribution in [0.15, 0.2) is 41.1 Å². The van der Waals surface area contributed by atoms with Crippen LogP contribution in [0.1, 0.15) is 12.8 Å². The van der Waals surface area contributed by atoms with Gasteiger partial charge in [0, 0.05) is 17.3 Å². The van der Waals surface area contributed by atoms with Gasteiger partial charge in [-0.2, -0.15) is 5.10 Å². The summed E-state index contributed by atoms with van der Waals surface area (Å²) in [6.45, 7) is 1.49. The Morgan fingerprint density at radius 1 is 1.52 bits per heavy atom. The molecule has 0 radical (unpaired) electrons. The van der Waals surface area contributed by atoms with Gasteiger partial charge in [-0.15, -0.1) is 0 Å². The fraction of sp³-hybridized carbons (Fsp3) is 0.375. The Balaban J connectivity index is 1.47. The van der Waals surface area contributed by atoms with Crippen LogP contribution >= 0.6 is 15.9 Å². The first-order valence-corrected chi connectivity index (χ1v) is 8.30. The summed E-state index contributed by atoms with van der Waals surface area (Å²) >= 11 is 3.36. The molecule has 0 saturated carbocycles. The molecule has 1 aliphatic rings. The van der Waals surface area contributed by atoms with Crippen molar-refractivity contribution >= 4 is 27.5 Å². The van der Waals surface area contributed by atoms with Crippen molar-refractivity contribution in [2.24, 2.45) is 0 Å². The third kappa shape index (κ3) is 4.80. The highest BCUT2D eigenvalue weighted by molar-refractivity contribution is 9.10. The smallest absolute Gasteiger partial charge is 0.262 e. The van der Waals surface area contributed by atoms with Crippen LogP contribution in [0.2, 0.25) is 0 Å². The average Bonchev–Trinajstić information content (AvgIpc) is 3.18. The highest BCUT2D eigenvalue weighted by Crippen LogP contribution is 2.18. The Bertz CT molecular complexity index is 668. The molecule has 1 aliphatic heterocycles. The van der Waals surface area contributed by atoms with Crippen molar-refractivity contribution in [3.8, 4) is 5.75 Å². The standard InChI is InChI=1S/C16H18BrN3O3/c17-12-3-1-4-14(7-12)23-11-16(21)19-13-8-18-20(9-13)10-15-5-2-6-22-15/h1,3-4,7-9,15H,2,5-6,10-11H2,(H,19,21). The molecule has 1 amide bonds. The van der Waals surface area contributed by atoms with Crippen LogP contribution in [0.25, 0.3) is 0 Å². The van der Waals surface area contributed by atoms with Crippen LogP contribution in [0.3, 0.4) is 0 Å². The molecule has 1 atom stereocenters. The summed E-state index contributed by atoms with van der Waals surface area (Å²) in [5.74, 6) is 0.422.